The van der Waals surface area contributed by atoms with E-state index >= 15 is 0 Å². The number of aromatic nitrogens is 1. The van der Waals surface area contributed by atoms with Gasteiger partial charge in [-0.2, -0.15) is 0 Å². The van der Waals surface area contributed by atoms with Gasteiger partial charge in [-0.1, -0.05) is 42.4 Å². The monoisotopic (exact) mass is 383 g/mol. The molecule has 1 aromatic heterocycles. The highest BCUT2D eigenvalue weighted by Gasteiger charge is 2.50. The van der Waals surface area contributed by atoms with Crippen molar-refractivity contribution in [3.8, 4) is 11.3 Å². The Bertz CT molecular complexity index is 844. The van der Waals surface area contributed by atoms with Crippen LogP contribution in [0.3, 0.4) is 0 Å². The molecule has 1 fully saturated rings. The summed E-state index contributed by atoms with van der Waals surface area (Å²) in [6, 6.07) is 11.6. The lowest BCUT2D eigenvalue weighted by atomic mass is 9.87. The van der Waals surface area contributed by atoms with Crippen LogP contribution in [0.5, 0.6) is 0 Å². The van der Waals surface area contributed by atoms with Gasteiger partial charge >= 0.3 is 0 Å². The molecule has 28 heavy (non-hydrogen) atoms. The van der Waals surface area contributed by atoms with Gasteiger partial charge in [0.25, 0.3) is 0 Å². The largest absolute Gasteiger partial charge is 0.361 e. The van der Waals surface area contributed by atoms with Gasteiger partial charge in [-0.15, -0.1) is 0 Å². The summed E-state index contributed by atoms with van der Waals surface area (Å²) in [5, 5.41) is 7.31. The van der Waals surface area contributed by atoms with E-state index in [9.17, 15) is 9.59 Å². The predicted octanol–water partition coefficient (Wildman–Crippen LogP) is 3.57. The number of benzene rings is 1. The second-order valence-corrected chi connectivity index (χ2v) is 8.22. The molecule has 1 aliphatic rings. The molecular formula is C22H29N3O3. The van der Waals surface area contributed by atoms with E-state index < -0.39 is 5.54 Å². The third kappa shape index (κ3) is 3.96. The molecule has 1 atom stereocenters. The van der Waals surface area contributed by atoms with Crippen molar-refractivity contribution in [2.24, 2.45) is 0 Å². The van der Waals surface area contributed by atoms with Crippen LogP contribution in [0.4, 0.5) is 0 Å². The third-order valence-corrected chi connectivity index (χ3v) is 5.72. The number of rotatable bonds is 6. The number of carbonyl (C=O) groups excluding carboxylic acids is 2. The molecule has 0 aliphatic carbocycles. The Kier molecular flexibility index (Phi) is 5.59. The van der Waals surface area contributed by atoms with E-state index in [1.165, 1.54) is 6.92 Å². The fraction of sp³-hybridized carbons (Fsp3) is 0.500. The summed E-state index contributed by atoms with van der Waals surface area (Å²) in [4.78, 5) is 27.4. The topological polar surface area (TPSA) is 75.4 Å². The molecule has 1 saturated heterocycles. The summed E-state index contributed by atoms with van der Waals surface area (Å²) in [5.41, 5.74) is 0.405. The van der Waals surface area contributed by atoms with Gasteiger partial charge in [0.1, 0.15) is 17.0 Å². The van der Waals surface area contributed by atoms with Crippen LogP contribution in [0.2, 0.25) is 0 Å². The molecule has 0 spiro atoms. The van der Waals surface area contributed by atoms with Gasteiger partial charge in [-0.3, -0.25) is 9.59 Å². The minimum absolute atomic E-state index is 0.0928. The third-order valence-electron chi connectivity index (χ3n) is 5.72. The van der Waals surface area contributed by atoms with Crippen molar-refractivity contribution in [3.63, 3.8) is 0 Å². The van der Waals surface area contributed by atoms with E-state index in [1.807, 2.05) is 57.2 Å². The highest BCUT2D eigenvalue weighted by atomic mass is 16.5. The van der Waals surface area contributed by atoms with Crippen molar-refractivity contribution in [2.45, 2.75) is 64.5 Å². The number of nitrogens with zero attached hydrogens (tertiary/aromatic N) is 2. The zero-order valence-corrected chi connectivity index (χ0v) is 17.1. The van der Waals surface area contributed by atoms with E-state index in [0.717, 1.165) is 24.1 Å². The van der Waals surface area contributed by atoms with Gasteiger partial charge in [0.15, 0.2) is 0 Å². The summed E-state index contributed by atoms with van der Waals surface area (Å²) in [5.74, 6) is 0.394. The molecule has 1 N–H and O–H groups in total. The zero-order chi connectivity index (χ0) is 20.4. The average molecular weight is 383 g/mol. The highest BCUT2D eigenvalue weighted by molar-refractivity contribution is 5.92. The maximum Gasteiger partial charge on any atom is 0.246 e. The Morgan fingerprint density at radius 3 is 2.64 bits per heavy atom. The lowest BCUT2D eigenvalue weighted by Gasteiger charge is -2.39. The Morgan fingerprint density at radius 2 is 2.00 bits per heavy atom. The van der Waals surface area contributed by atoms with E-state index in [4.69, 9.17) is 4.52 Å². The smallest absolute Gasteiger partial charge is 0.246 e. The zero-order valence-electron chi connectivity index (χ0n) is 17.1. The first-order chi connectivity index (χ1) is 13.3. The summed E-state index contributed by atoms with van der Waals surface area (Å²) >= 11 is 0. The van der Waals surface area contributed by atoms with Crippen LogP contribution in [0.15, 0.2) is 40.9 Å². The number of hydrogen-bond acceptors (Lipinski definition) is 4. The van der Waals surface area contributed by atoms with E-state index in [1.54, 1.807) is 4.90 Å². The summed E-state index contributed by atoms with van der Waals surface area (Å²) < 4.78 is 5.57. The summed E-state index contributed by atoms with van der Waals surface area (Å²) in [6.07, 6.45) is 2.52. The molecular weight excluding hydrogens is 354 g/mol. The normalized spacial score (nSPS) is 19.6. The predicted molar refractivity (Wildman–Crippen MR) is 108 cm³/mol. The van der Waals surface area contributed by atoms with Crippen LogP contribution in [-0.4, -0.2) is 39.5 Å². The lowest BCUT2D eigenvalue weighted by molar-refractivity contribution is -0.145. The molecule has 6 heteroatoms. The minimum atomic E-state index is -0.939. The minimum Gasteiger partial charge on any atom is -0.361 e. The van der Waals surface area contributed by atoms with Crippen molar-refractivity contribution in [1.29, 1.82) is 0 Å². The van der Waals surface area contributed by atoms with Gasteiger partial charge < -0.3 is 14.7 Å². The van der Waals surface area contributed by atoms with Crippen LogP contribution >= 0.6 is 0 Å². The highest BCUT2D eigenvalue weighted by Crippen LogP contribution is 2.35. The number of hydrogen-bond donors (Lipinski definition) is 1. The van der Waals surface area contributed by atoms with Crippen molar-refractivity contribution < 1.29 is 14.1 Å². The molecule has 1 unspecified atom stereocenters. The molecule has 3 rings (SSSR count). The molecule has 0 bridgehead atoms. The SMILES string of the molecule is CCC(C)(C)NC(=O)C1(Cc2cc(-c3ccccc3)no2)CCCN1C(C)=O. The van der Waals surface area contributed by atoms with Gasteiger partial charge in [0, 0.05) is 37.1 Å². The van der Waals surface area contributed by atoms with E-state index in [0.29, 0.717) is 25.1 Å². The first-order valence-electron chi connectivity index (χ1n) is 9.89. The molecule has 150 valence electrons. The molecule has 1 aliphatic heterocycles. The standard InChI is InChI=1S/C22H29N3O3/c1-5-21(3,4)23-20(27)22(12-9-13-25(22)16(2)26)15-18-14-19(24-28-18)17-10-7-6-8-11-17/h6-8,10-11,14H,5,9,12-13,15H2,1-4H3,(H,23,27). The fourth-order valence-electron chi connectivity index (χ4n) is 3.78. The lowest BCUT2D eigenvalue weighted by Crippen LogP contribution is -2.61. The molecule has 1 aromatic carbocycles. The molecule has 0 radical (unpaired) electrons. The van der Waals surface area contributed by atoms with Gasteiger partial charge in [-0.05, 0) is 33.1 Å². The van der Waals surface area contributed by atoms with Crippen LogP contribution in [0, 0.1) is 0 Å². The number of amides is 2. The van der Waals surface area contributed by atoms with Gasteiger partial charge in [0.05, 0.1) is 0 Å². The fourth-order valence-corrected chi connectivity index (χ4v) is 3.78. The van der Waals surface area contributed by atoms with Crippen LogP contribution in [0.25, 0.3) is 11.3 Å². The second kappa shape index (κ2) is 7.78. The Labute approximate surface area is 166 Å². The molecule has 2 heterocycles. The Balaban J connectivity index is 1.91. The van der Waals surface area contributed by atoms with Crippen molar-refractivity contribution in [3.05, 3.63) is 42.2 Å². The molecule has 2 amide bonds. The van der Waals surface area contributed by atoms with Gasteiger partial charge in [0.2, 0.25) is 11.8 Å². The maximum atomic E-state index is 13.4. The average Bonchev–Trinajstić information content (AvgIpc) is 3.30. The van der Waals surface area contributed by atoms with Gasteiger partial charge in [-0.25, -0.2) is 0 Å². The molecule has 6 nitrogen and oxygen atoms in total. The summed E-state index contributed by atoms with van der Waals surface area (Å²) in [6.45, 7) is 8.12. The number of nitrogens with one attached hydrogen (secondary N) is 1. The van der Waals surface area contributed by atoms with Crippen LogP contribution in [-0.2, 0) is 16.0 Å². The quantitative estimate of drug-likeness (QED) is 0.827. The van der Waals surface area contributed by atoms with Crippen LogP contribution in [0.1, 0.15) is 52.7 Å². The number of likely N-dealkylation sites (tertiary alicyclic amines) is 1. The van der Waals surface area contributed by atoms with Crippen LogP contribution < -0.4 is 5.32 Å². The first kappa shape index (κ1) is 20.1. The number of carbonyl (C=O) groups is 2. The van der Waals surface area contributed by atoms with Crippen molar-refractivity contribution in [2.75, 3.05) is 6.54 Å². The van der Waals surface area contributed by atoms with E-state index in [-0.39, 0.29) is 17.4 Å². The van der Waals surface area contributed by atoms with Crippen molar-refractivity contribution in [1.82, 2.24) is 15.4 Å². The second-order valence-electron chi connectivity index (χ2n) is 8.22. The Hall–Kier alpha value is -2.63. The first-order valence-corrected chi connectivity index (χ1v) is 9.89. The van der Waals surface area contributed by atoms with E-state index in [2.05, 4.69) is 10.5 Å². The van der Waals surface area contributed by atoms with Crippen molar-refractivity contribution >= 4 is 11.8 Å². The molecule has 0 saturated carbocycles. The Morgan fingerprint density at radius 1 is 1.29 bits per heavy atom. The molecule has 2 aromatic rings. The maximum absolute atomic E-state index is 13.4. The summed E-state index contributed by atoms with van der Waals surface area (Å²) in [7, 11) is 0.